The zero-order chi connectivity index (χ0) is 13.1. The quantitative estimate of drug-likeness (QED) is 0.846. The van der Waals surface area contributed by atoms with Crippen LogP contribution in [0.3, 0.4) is 0 Å². The number of halogens is 1. The van der Waals surface area contributed by atoms with Crippen LogP contribution in [0.15, 0.2) is 36.5 Å². The fourth-order valence-electron chi connectivity index (χ4n) is 1.64. The van der Waals surface area contributed by atoms with Gasteiger partial charge in [-0.25, -0.2) is 9.18 Å². The molecule has 1 aromatic heterocycles. The summed E-state index contributed by atoms with van der Waals surface area (Å²) in [6, 6.07) is 7.46. The van der Waals surface area contributed by atoms with Gasteiger partial charge in [-0.05, 0) is 23.8 Å². The number of aromatic nitrogens is 1. The molecule has 2 N–H and O–H groups in total. The Hall–Kier alpha value is -2.30. The number of aryl methyl sites for hydroxylation is 1. The number of carbonyl (C=O) groups excluding carboxylic acids is 1. The number of nitrogens with two attached hydrogens (primary N) is 1. The van der Waals surface area contributed by atoms with Gasteiger partial charge in [0.2, 0.25) is 0 Å². The fourth-order valence-corrected chi connectivity index (χ4v) is 1.64. The van der Waals surface area contributed by atoms with Crippen molar-refractivity contribution in [2.24, 2.45) is 7.05 Å². The van der Waals surface area contributed by atoms with Gasteiger partial charge in [0.1, 0.15) is 18.1 Å². The molecule has 0 bridgehead atoms. The van der Waals surface area contributed by atoms with Crippen molar-refractivity contribution in [1.29, 1.82) is 0 Å². The number of ether oxygens (including phenoxy) is 1. The second-order valence-electron chi connectivity index (χ2n) is 3.98. The molecule has 1 aromatic carbocycles. The number of hydrogen-bond acceptors (Lipinski definition) is 3. The van der Waals surface area contributed by atoms with Crippen LogP contribution in [0.2, 0.25) is 0 Å². The third-order valence-corrected chi connectivity index (χ3v) is 2.49. The molecule has 0 saturated heterocycles. The average molecular weight is 248 g/mol. The first-order chi connectivity index (χ1) is 8.56. The first-order valence-electron chi connectivity index (χ1n) is 5.39. The van der Waals surface area contributed by atoms with Crippen LogP contribution in [-0.2, 0) is 18.4 Å². The van der Waals surface area contributed by atoms with Crippen LogP contribution >= 0.6 is 0 Å². The molecule has 5 heteroatoms. The highest BCUT2D eigenvalue weighted by Gasteiger charge is 2.12. The predicted octanol–water partition coefficient (Wildman–Crippen LogP) is 2.10. The molecule has 4 nitrogen and oxygen atoms in total. The van der Waals surface area contributed by atoms with Gasteiger partial charge in [-0.2, -0.15) is 0 Å². The minimum Gasteiger partial charge on any atom is -0.456 e. The van der Waals surface area contributed by atoms with Crippen molar-refractivity contribution in [2.45, 2.75) is 6.61 Å². The monoisotopic (exact) mass is 248 g/mol. The Balaban J connectivity index is 2.03. The topological polar surface area (TPSA) is 57.2 Å². The molecule has 0 unspecified atom stereocenters. The van der Waals surface area contributed by atoms with Gasteiger partial charge in [0.25, 0.3) is 0 Å². The number of anilines is 1. The molecule has 0 amide bonds. The van der Waals surface area contributed by atoms with Crippen LogP contribution in [0.1, 0.15) is 16.1 Å². The Morgan fingerprint density at radius 1 is 1.44 bits per heavy atom. The van der Waals surface area contributed by atoms with Gasteiger partial charge in [0, 0.05) is 13.2 Å². The van der Waals surface area contributed by atoms with Gasteiger partial charge in [-0.1, -0.05) is 12.1 Å². The van der Waals surface area contributed by atoms with E-state index in [2.05, 4.69) is 0 Å². The third kappa shape index (κ3) is 2.68. The van der Waals surface area contributed by atoms with Crippen LogP contribution in [0, 0.1) is 5.82 Å². The highest BCUT2D eigenvalue weighted by Crippen LogP contribution is 2.12. The van der Waals surface area contributed by atoms with Crippen molar-refractivity contribution in [3.63, 3.8) is 0 Å². The number of esters is 1. The highest BCUT2D eigenvalue weighted by molar-refractivity contribution is 5.89. The maximum Gasteiger partial charge on any atom is 0.355 e. The zero-order valence-corrected chi connectivity index (χ0v) is 9.89. The van der Waals surface area contributed by atoms with Gasteiger partial charge < -0.3 is 15.0 Å². The molecule has 1 heterocycles. The SMILES string of the molecule is Cn1cc(N)cc1C(=O)OCc1cccc(F)c1. The van der Waals surface area contributed by atoms with E-state index in [1.807, 2.05) is 0 Å². The molecule has 2 aromatic rings. The summed E-state index contributed by atoms with van der Waals surface area (Å²) in [4.78, 5) is 11.7. The molecule has 0 atom stereocenters. The lowest BCUT2D eigenvalue weighted by molar-refractivity contribution is 0.0461. The summed E-state index contributed by atoms with van der Waals surface area (Å²) in [6.07, 6.45) is 1.62. The van der Waals surface area contributed by atoms with Crippen molar-refractivity contribution in [3.8, 4) is 0 Å². The Bertz CT molecular complexity index is 578. The van der Waals surface area contributed by atoms with E-state index in [0.717, 1.165) is 0 Å². The average Bonchev–Trinajstić information content (AvgIpc) is 2.66. The van der Waals surface area contributed by atoms with Crippen LogP contribution in [0.25, 0.3) is 0 Å². The summed E-state index contributed by atoms with van der Waals surface area (Å²) in [7, 11) is 1.70. The fraction of sp³-hybridized carbons (Fsp3) is 0.154. The predicted molar refractivity (Wildman–Crippen MR) is 65.3 cm³/mol. The van der Waals surface area contributed by atoms with E-state index in [1.54, 1.807) is 29.9 Å². The van der Waals surface area contributed by atoms with Gasteiger partial charge >= 0.3 is 5.97 Å². The van der Waals surface area contributed by atoms with Crippen LogP contribution in [0.5, 0.6) is 0 Å². The Morgan fingerprint density at radius 3 is 2.83 bits per heavy atom. The molecule has 94 valence electrons. The molecule has 0 saturated carbocycles. The van der Waals surface area contributed by atoms with E-state index in [1.165, 1.54) is 18.2 Å². The van der Waals surface area contributed by atoms with Crippen molar-refractivity contribution in [1.82, 2.24) is 4.57 Å². The van der Waals surface area contributed by atoms with Crippen LogP contribution in [0.4, 0.5) is 10.1 Å². The lowest BCUT2D eigenvalue weighted by Crippen LogP contribution is -2.09. The van der Waals surface area contributed by atoms with E-state index in [-0.39, 0.29) is 12.4 Å². The number of benzene rings is 1. The lowest BCUT2D eigenvalue weighted by Gasteiger charge is -2.05. The molecule has 0 fully saturated rings. The van der Waals surface area contributed by atoms with Crippen molar-refractivity contribution < 1.29 is 13.9 Å². The minimum absolute atomic E-state index is 0.0294. The standard InChI is InChI=1S/C13H13FN2O2/c1-16-7-11(15)6-12(16)13(17)18-8-9-3-2-4-10(14)5-9/h2-7H,8,15H2,1H3. The molecule has 18 heavy (non-hydrogen) atoms. The van der Waals surface area contributed by atoms with Crippen molar-refractivity contribution in [3.05, 3.63) is 53.6 Å². The smallest absolute Gasteiger partial charge is 0.355 e. The summed E-state index contributed by atoms with van der Waals surface area (Å²) in [5.41, 5.74) is 7.03. The summed E-state index contributed by atoms with van der Waals surface area (Å²) >= 11 is 0. The molecular weight excluding hydrogens is 235 g/mol. The normalized spacial score (nSPS) is 10.3. The summed E-state index contributed by atoms with van der Waals surface area (Å²) in [5.74, 6) is -0.842. The largest absolute Gasteiger partial charge is 0.456 e. The van der Waals surface area contributed by atoms with Gasteiger partial charge in [0.15, 0.2) is 0 Å². The van der Waals surface area contributed by atoms with Crippen molar-refractivity contribution in [2.75, 3.05) is 5.73 Å². The molecular formula is C13H13FN2O2. The molecule has 0 radical (unpaired) electrons. The first kappa shape index (κ1) is 12.2. The Labute approximate surface area is 104 Å². The molecule has 0 aliphatic heterocycles. The number of nitrogens with zero attached hydrogens (tertiary/aromatic N) is 1. The molecule has 0 aliphatic rings. The van der Waals surface area contributed by atoms with E-state index < -0.39 is 5.97 Å². The number of rotatable bonds is 3. The lowest BCUT2D eigenvalue weighted by atomic mass is 10.2. The van der Waals surface area contributed by atoms with Crippen LogP contribution in [-0.4, -0.2) is 10.5 Å². The second kappa shape index (κ2) is 4.91. The van der Waals surface area contributed by atoms with Gasteiger partial charge in [-0.3, -0.25) is 0 Å². The number of carbonyl (C=O) groups is 1. The summed E-state index contributed by atoms with van der Waals surface area (Å²) < 4.78 is 19.6. The molecule has 0 spiro atoms. The minimum atomic E-state index is -0.488. The van der Waals surface area contributed by atoms with Gasteiger partial charge in [-0.15, -0.1) is 0 Å². The van der Waals surface area contributed by atoms with E-state index in [9.17, 15) is 9.18 Å². The summed E-state index contributed by atoms with van der Waals surface area (Å²) in [5, 5.41) is 0. The van der Waals surface area contributed by atoms with E-state index >= 15 is 0 Å². The second-order valence-corrected chi connectivity index (χ2v) is 3.98. The molecule has 0 aliphatic carbocycles. The number of nitrogen functional groups attached to an aromatic ring is 1. The van der Waals surface area contributed by atoms with Crippen molar-refractivity contribution >= 4 is 11.7 Å². The maximum absolute atomic E-state index is 12.9. The van der Waals surface area contributed by atoms with E-state index in [4.69, 9.17) is 10.5 Å². The first-order valence-corrected chi connectivity index (χ1v) is 5.39. The van der Waals surface area contributed by atoms with Crippen LogP contribution < -0.4 is 5.73 Å². The zero-order valence-electron chi connectivity index (χ0n) is 9.89. The Kier molecular flexibility index (Phi) is 3.32. The summed E-state index contributed by atoms with van der Waals surface area (Å²) in [6.45, 7) is 0.0294. The van der Waals surface area contributed by atoms with E-state index in [0.29, 0.717) is 16.9 Å². The van der Waals surface area contributed by atoms with Gasteiger partial charge in [0.05, 0.1) is 5.69 Å². The number of hydrogen-bond donors (Lipinski definition) is 1. The highest BCUT2D eigenvalue weighted by atomic mass is 19.1. The Morgan fingerprint density at radius 2 is 2.22 bits per heavy atom. The molecule has 2 rings (SSSR count). The maximum atomic E-state index is 12.9. The third-order valence-electron chi connectivity index (χ3n) is 2.49.